The Bertz CT molecular complexity index is 984. The van der Waals surface area contributed by atoms with Crippen LogP contribution in [-0.4, -0.2) is 41.0 Å². The first-order valence-electron chi connectivity index (χ1n) is 20.9. The van der Waals surface area contributed by atoms with Gasteiger partial charge in [0.25, 0.3) is 0 Å². The van der Waals surface area contributed by atoms with Gasteiger partial charge in [0.2, 0.25) is 0 Å². The lowest BCUT2D eigenvalue weighted by Crippen LogP contribution is -2.29. The predicted octanol–water partition coefficient (Wildman–Crippen LogP) is 12.7. The molecule has 0 radical (unpaired) electrons. The van der Waals surface area contributed by atoms with E-state index in [2.05, 4.69) is 60.9 Å². The minimum Gasteiger partial charge on any atom is -0.462 e. The summed E-state index contributed by atoms with van der Waals surface area (Å²) in [4.78, 5) is 42.8. The fourth-order valence-corrected chi connectivity index (χ4v) is 6.04. The molecule has 0 unspecified atom stereocenters. The highest BCUT2D eigenvalue weighted by molar-refractivity contribution is 7.46. The Morgan fingerprint density at radius 1 is 0.500 bits per heavy atom. The van der Waals surface area contributed by atoms with Crippen LogP contribution in [0.1, 0.15) is 194 Å². The average Bonchev–Trinajstić information content (AvgIpc) is 3.11. The summed E-state index contributed by atoms with van der Waals surface area (Å²) in [5, 5.41) is 0. The first kappa shape index (κ1) is 50.0. The largest absolute Gasteiger partial charge is 0.469 e. The van der Waals surface area contributed by atoms with E-state index < -0.39 is 32.5 Å². The Balaban J connectivity index is 4.01. The molecule has 0 aromatic heterocycles. The van der Waals surface area contributed by atoms with Gasteiger partial charge in [0.05, 0.1) is 6.61 Å². The van der Waals surface area contributed by atoms with Crippen LogP contribution in [0.25, 0.3) is 0 Å². The molecule has 2 N–H and O–H groups in total. The molecule has 0 saturated carbocycles. The SMILES string of the molecule is CCCCCCCC/C=C/C/C=C/C/C=C/CCCC(=O)O[C@H](COC(=O)CCCCCCCCC/C=C/CCCCCCCC)COP(=O)(O)O. The summed E-state index contributed by atoms with van der Waals surface area (Å²) >= 11 is 0. The highest BCUT2D eigenvalue weighted by atomic mass is 31.2. The third kappa shape index (κ3) is 40.8. The van der Waals surface area contributed by atoms with Crippen LogP contribution in [0.5, 0.6) is 0 Å². The maximum absolute atomic E-state index is 12.4. The zero-order chi connectivity index (χ0) is 38.2. The van der Waals surface area contributed by atoms with E-state index in [-0.39, 0.29) is 19.4 Å². The first-order chi connectivity index (χ1) is 25.3. The van der Waals surface area contributed by atoms with Crippen molar-refractivity contribution in [3.05, 3.63) is 48.6 Å². The van der Waals surface area contributed by atoms with Crippen LogP contribution in [0.3, 0.4) is 0 Å². The summed E-state index contributed by atoms with van der Waals surface area (Å²) in [7, 11) is -4.77. The number of unbranched alkanes of at least 4 members (excludes halogenated alkanes) is 20. The Morgan fingerprint density at radius 2 is 0.885 bits per heavy atom. The van der Waals surface area contributed by atoms with Crippen molar-refractivity contribution in [2.45, 2.75) is 200 Å². The van der Waals surface area contributed by atoms with Gasteiger partial charge >= 0.3 is 19.8 Å². The molecule has 52 heavy (non-hydrogen) atoms. The first-order valence-corrected chi connectivity index (χ1v) is 22.5. The van der Waals surface area contributed by atoms with Gasteiger partial charge in [0.15, 0.2) is 6.10 Å². The van der Waals surface area contributed by atoms with Gasteiger partial charge in [-0.1, -0.05) is 159 Å². The standard InChI is InChI=1S/C43H77O8P/c1-3-5-7-9-11-13-15-17-19-21-23-25-27-29-31-33-35-37-42(44)49-39-41(40-50-52(46,47)48)51-43(45)38-36-34-32-30-28-26-24-22-20-18-16-14-12-10-8-6-4-2/h17-20,24,26,30,32,41H,3-16,21-23,25,27-29,31,33-40H2,1-2H3,(H2,46,47,48)/b19-17+,20-18+,26-24+,32-30+/t41-/m1/s1. The molecule has 0 aromatic carbocycles. The predicted molar refractivity (Wildman–Crippen MR) is 216 cm³/mol. The van der Waals surface area contributed by atoms with Gasteiger partial charge in [-0.15, -0.1) is 0 Å². The Kier molecular flexibility index (Phi) is 37.2. The molecule has 0 rings (SSSR count). The molecular formula is C43H77O8P. The minimum atomic E-state index is -4.77. The Morgan fingerprint density at radius 3 is 1.37 bits per heavy atom. The summed E-state index contributed by atoms with van der Waals surface area (Å²) in [6.45, 7) is 3.63. The smallest absolute Gasteiger partial charge is 0.462 e. The highest BCUT2D eigenvalue weighted by Crippen LogP contribution is 2.36. The van der Waals surface area contributed by atoms with Gasteiger partial charge in [-0.2, -0.15) is 0 Å². The van der Waals surface area contributed by atoms with Crippen LogP contribution < -0.4 is 0 Å². The zero-order valence-corrected chi connectivity index (χ0v) is 34.1. The lowest BCUT2D eigenvalue weighted by Gasteiger charge is -2.18. The van der Waals surface area contributed by atoms with Crippen molar-refractivity contribution in [3.8, 4) is 0 Å². The van der Waals surface area contributed by atoms with Gasteiger partial charge in [0.1, 0.15) is 6.61 Å². The third-order valence-corrected chi connectivity index (χ3v) is 9.31. The summed E-state index contributed by atoms with van der Waals surface area (Å²) < 4.78 is 26.3. The van der Waals surface area contributed by atoms with Crippen molar-refractivity contribution in [2.24, 2.45) is 0 Å². The van der Waals surface area contributed by atoms with Crippen LogP contribution >= 0.6 is 7.82 Å². The molecule has 0 bridgehead atoms. The van der Waals surface area contributed by atoms with Crippen molar-refractivity contribution in [2.75, 3.05) is 13.2 Å². The Hall–Kier alpha value is -1.99. The molecule has 302 valence electrons. The van der Waals surface area contributed by atoms with Crippen LogP contribution in [0.15, 0.2) is 48.6 Å². The molecule has 0 aliphatic carbocycles. The fraction of sp³-hybridized carbons (Fsp3) is 0.767. The summed E-state index contributed by atoms with van der Waals surface area (Å²) in [6.07, 6.45) is 46.9. The van der Waals surface area contributed by atoms with Gasteiger partial charge in [-0.25, -0.2) is 4.57 Å². The monoisotopic (exact) mass is 753 g/mol. The third-order valence-electron chi connectivity index (χ3n) is 8.82. The van der Waals surface area contributed by atoms with Gasteiger partial charge in [-0.3, -0.25) is 14.1 Å². The van der Waals surface area contributed by atoms with E-state index in [4.69, 9.17) is 19.3 Å². The lowest BCUT2D eigenvalue weighted by atomic mass is 10.1. The number of carbonyl (C=O) groups is 2. The molecule has 0 saturated heterocycles. The summed E-state index contributed by atoms with van der Waals surface area (Å²) in [5.41, 5.74) is 0. The zero-order valence-electron chi connectivity index (χ0n) is 33.2. The van der Waals surface area contributed by atoms with Gasteiger partial charge < -0.3 is 19.3 Å². The highest BCUT2D eigenvalue weighted by Gasteiger charge is 2.22. The number of ether oxygens (including phenoxy) is 2. The van der Waals surface area contributed by atoms with Crippen molar-refractivity contribution in [1.29, 1.82) is 0 Å². The maximum atomic E-state index is 12.4. The van der Waals surface area contributed by atoms with Gasteiger partial charge in [0, 0.05) is 12.8 Å². The molecule has 0 aliphatic rings. The second-order valence-corrected chi connectivity index (χ2v) is 15.2. The molecule has 1 atom stereocenters. The number of carbonyl (C=O) groups excluding carboxylic acids is 2. The van der Waals surface area contributed by atoms with Crippen LogP contribution in [0.2, 0.25) is 0 Å². The molecule has 0 aliphatic heterocycles. The van der Waals surface area contributed by atoms with E-state index in [1.165, 1.54) is 103 Å². The second-order valence-electron chi connectivity index (χ2n) is 14.0. The van der Waals surface area contributed by atoms with Gasteiger partial charge in [-0.05, 0) is 70.6 Å². The molecule has 8 nitrogen and oxygen atoms in total. The summed E-state index contributed by atoms with van der Waals surface area (Å²) in [5.74, 6) is -0.950. The van der Waals surface area contributed by atoms with Crippen molar-refractivity contribution in [3.63, 3.8) is 0 Å². The number of allylic oxidation sites excluding steroid dienone is 8. The summed E-state index contributed by atoms with van der Waals surface area (Å²) in [6, 6.07) is 0. The topological polar surface area (TPSA) is 119 Å². The van der Waals surface area contributed by atoms with E-state index in [1.54, 1.807) is 0 Å². The number of phosphoric acid groups is 1. The number of hydrogen-bond donors (Lipinski definition) is 2. The lowest BCUT2D eigenvalue weighted by molar-refractivity contribution is -0.161. The van der Waals surface area contributed by atoms with E-state index in [9.17, 15) is 14.2 Å². The number of rotatable bonds is 38. The Labute approximate surface area is 318 Å². The van der Waals surface area contributed by atoms with E-state index >= 15 is 0 Å². The molecule has 0 fully saturated rings. The van der Waals surface area contributed by atoms with E-state index in [0.29, 0.717) is 19.3 Å². The second kappa shape index (κ2) is 38.7. The number of hydrogen-bond acceptors (Lipinski definition) is 6. The van der Waals surface area contributed by atoms with Crippen molar-refractivity contribution in [1.82, 2.24) is 0 Å². The van der Waals surface area contributed by atoms with E-state index in [1.807, 2.05) is 6.08 Å². The molecule has 0 amide bonds. The van der Waals surface area contributed by atoms with Crippen LogP contribution in [-0.2, 0) is 28.2 Å². The van der Waals surface area contributed by atoms with Crippen LogP contribution in [0, 0.1) is 0 Å². The van der Waals surface area contributed by atoms with Crippen molar-refractivity contribution >= 4 is 19.8 Å². The number of phosphoric ester groups is 1. The maximum Gasteiger partial charge on any atom is 0.469 e. The molecular weight excluding hydrogens is 675 g/mol. The molecule has 9 heteroatoms. The normalized spacial score (nSPS) is 12.9. The quantitative estimate of drug-likeness (QED) is 0.0277. The van der Waals surface area contributed by atoms with Crippen LogP contribution in [0.4, 0.5) is 0 Å². The van der Waals surface area contributed by atoms with E-state index in [0.717, 1.165) is 44.9 Å². The molecule has 0 heterocycles. The van der Waals surface area contributed by atoms with Crippen molar-refractivity contribution < 1.29 is 37.9 Å². The number of esters is 2. The molecule has 0 spiro atoms. The fourth-order valence-electron chi connectivity index (χ4n) is 5.68. The average molecular weight is 753 g/mol. The molecule has 0 aromatic rings. The minimum absolute atomic E-state index is 0.139.